The normalized spacial score (nSPS) is 16.1. The van der Waals surface area contributed by atoms with E-state index in [1.165, 1.54) is 6.07 Å². The summed E-state index contributed by atoms with van der Waals surface area (Å²) >= 11 is 0. The van der Waals surface area contributed by atoms with Crippen molar-refractivity contribution in [2.75, 3.05) is 30.3 Å². The van der Waals surface area contributed by atoms with E-state index >= 15 is 0 Å². The highest BCUT2D eigenvalue weighted by atomic mass is 16.6. The third kappa shape index (κ3) is 5.54. The second-order valence-corrected chi connectivity index (χ2v) is 6.99. The first-order valence-electron chi connectivity index (χ1n) is 9.65. The van der Waals surface area contributed by atoms with E-state index in [1.807, 2.05) is 30.3 Å². The Kier molecular flexibility index (Phi) is 6.78. The number of hydrogen-bond acceptors (Lipinski definition) is 5. The van der Waals surface area contributed by atoms with E-state index < -0.39 is 4.92 Å². The number of amides is 2. The van der Waals surface area contributed by atoms with Gasteiger partial charge >= 0.3 is 0 Å². The quantitative estimate of drug-likeness (QED) is 0.552. The molecule has 0 spiro atoms. The molecule has 1 heterocycles. The summed E-state index contributed by atoms with van der Waals surface area (Å²) in [4.78, 5) is 37.4. The number of para-hydroxylation sites is 3. The minimum atomic E-state index is -0.454. The van der Waals surface area contributed by atoms with Crippen molar-refractivity contribution in [3.63, 3.8) is 0 Å². The summed E-state index contributed by atoms with van der Waals surface area (Å²) in [6, 6.07) is 15.6. The van der Waals surface area contributed by atoms with Crippen LogP contribution >= 0.6 is 0 Å². The van der Waals surface area contributed by atoms with Crippen molar-refractivity contribution in [3.05, 3.63) is 64.7 Å². The minimum Gasteiger partial charge on any atom is -0.379 e. The molecule has 152 valence electrons. The highest BCUT2D eigenvalue weighted by Gasteiger charge is 2.28. The largest absolute Gasteiger partial charge is 0.379 e. The maximum Gasteiger partial charge on any atom is 0.292 e. The van der Waals surface area contributed by atoms with Gasteiger partial charge in [-0.05, 0) is 31.0 Å². The molecule has 1 aliphatic heterocycles. The van der Waals surface area contributed by atoms with Gasteiger partial charge in [0.1, 0.15) is 5.69 Å². The smallest absolute Gasteiger partial charge is 0.292 e. The molecule has 8 nitrogen and oxygen atoms in total. The van der Waals surface area contributed by atoms with Gasteiger partial charge in [0, 0.05) is 37.8 Å². The number of likely N-dealkylation sites (tertiary alicyclic amines) is 1. The molecule has 0 bridgehead atoms. The maximum absolute atomic E-state index is 12.6. The van der Waals surface area contributed by atoms with E-state index in [9.17, 15) is 19.7 Å². The lowest BCUT2D eigenvalue weighted by Gasteiger charge is -2.32. The maximum atomic E-state index is 12.6. The van der Waals surface area contributed by atoms with Crippen LogP contribution in [0.3, 0.4) is 0 Å². The molecule has 0 radical (unpaired) electrons. The molecule has 0 saturated carbocycles. The number of benzene rings is 2. The van der Waals surface area contributed by atoms with Gasteiger partial charge in [-0.25, -0.2) is 0 Å². The highest BCUT2D eigenvalue weighted by molar-refractivity contribution is 5.93. The average Bonchev–Trinajstić information content (AvgIpc) is 2.74. The third-order valence-electron chi connectivity index (χ3n) is 4.94. The SMILES string of the molecule is O=C(Nc1ccccc1)C1CCCN(C(=O)CCNc2ccccc2[N+](=O)[O-])C1. The van der Waals surface area contributed by atoms with Gasteiger partial charge in [0.25, 0.3) is 5.69 Å². The van der Waals surface area contributed by atoms with Crippen LogP contribution < -0.4 is 10.6 Å². The van der Waals surface area contributed by atoms with E-state index in [4.69, 9.17) is 0 Å². The predicted octanol–water partition coefficient (Wildman–Crippen LogP) is 3.27. The number of nitrogens with one attached hydrogen (secondary N) is 2. The van der Waals surface area contributed by atoms with Gasteiger partial charge in [0.15, 0.2) is 0 Å². The summed E-state index contributed by atoms with van der Waals surface area (Å²) in [7, 11) is 0. The Balaban J connectivity index is 1.49. The molecule has 2 aromatic carbocycles. The van der Waals surface area contributed by atoms with Crippen LogP contribution in [0.4, 0.5) is 17.1 Å². The summed E-state index contributed by atoms with van der Waals surface area (Å²) in [5.41, 5.74) is 1.12. The molecule has 0 aliphatic carbocycles. The van der Waals surface area contributed by atoms with E-state index in [0.717, 1.165) is 18.5 Å². The lowest BCUT2D eigenvalue weighted by molar-refractivity contribution is -0.384. The summed E-state index contributed by atoms with van der Waals surface area (Å²) in [6.07, 6.45) is 1.73. The first kappa shape index (κ1) is 20.3. The number of nitro benzene ring substituents is 1. The fraction of sp³-hybridized carbons (Fsp3) is 0.333. The molecule has 1 fully saturated rings. The predicted molar refractivity (Wildman–Crippen MR) is 111 cm³/mol. The molecule has 1 unspecified atom stereocenters. The zero-order chi connectivity index (χ0) is 20.6. The van der Waals surface area contributed by atoms with Gasteiger partial charge < -0.3 is 15.5 Å². The van der Waals surface area contributed by atoms with E-state index in [2.05, 4.69) is 10.6 Å². The molecular weight excluding hydrogens is 372 g/mol. The van der Waals surface area contributed by atoms with Crippen LogP contribution in [0.15, 0.2) is 54.6 Å². The van der Waals surface area contributed by atoms with Crippen LogP contribution in [0, 0.1) is 16.0 Å². The van der Waals surface area contributed by atoms with Crippen molar-refractivity contribution in [1.29, 1.82) is 0 Å². The molecule has 1 saturated heterocycles. The van der Waals surface area contributed by atoms with Crippen LogP contribution in [-0.4, -0.2) is 41.3 Å². The zero-order valence-electron chi connectivity index (χ0n) is 16.0. The van der Waals surface area contributed by atoms with Crippen LogP contribution in [0.2, 0.25) is 0 Å². The van der Waals surface area contributed by atoms with E-state index in [-0.39, 0.29) is 29.8 Å². The monoisotopic (exact) mass is 396 g/mol. The lowest BCUT2D eigenvalue weighted by atomic mass is 9.96. The second kappa shape index (κ2) is 9.68. The Morgan fingerprint density at radius 2 is 1.83 bits per heavy atom. The first-order valence-corrected chi connectivity index (χ1v) is 9.65. The summed E-state index contributed by atoms with van der Waals surface area (Å²) < 4.78 is 0. The van der Waals surface area contributed by atoms with Crippen LogP contribution in [0.25, 0.3) is 0 Å². The molecule has 3 rings (SSSR count). The number of piperidine rings is 1. The van der Waals surface area contributed by atoms with Gasteiger partial charge in [-0.3, -0.25) is 19.7 Å². The van der Waals surface area contributed by atoms with Crippen LogP contribution in [0.1, 0.15) is 19.3 Å². The van der Waals surface area contributed by atoms with Gasteiger partial charge in [-0.2, -0.15) is 0 Å². The molecule has 8 heteroatoms. The van der Waals surface area contributed by atoms with Crippen molar-refractivity contribution in [1.82, 2.24) is 4.90 Å². The fourth-order valence-electron chi connectivity index (χ4n) is 3.43. The van der Waals surface area contributed by atoms with E-state index in [0.29, 0.717) is 25.3 Å². The van der Waals surface area contributed by atoms with Crippen molar-refractivity contribution in [3.8, 4) is 0 Å². The zero-order valence-corrected chi connectivity index (χ0v) is 16.0. The number of nitrogens with zero attached hydrogens (tertiary/aromatic N) is 2. The van der Waals surface area contributed by atoms with Crippen molar-refractivity contribution >= 4 is 28.9 Å². The van der Waals surface area contributed by atoms with Crippen molar-refractivity contribution in [2.45, 2.75) is 19.3 Å². The van der Waals surface area contributed by atoms with E-state index in [1.54, 1.807) is 23.1 Å². The molecule has 1 atom stereocenters. The minimum absolute atomic E-state index is 0.0180. The van der Waals surface area contributed by atoms with Gasteiger partial charge in [0.2, 0.25) is 11.8 Å². The Morgan fingerprint density at radius 1 is 1.10 bits per heavy atom. The number of rotatable bonds is 7. The lowest BCUT2D eigenvalue weighted by Crippen LogP contribution is -2.44. The molecule has 2 aromatic rings. The van der Waals surface area contributed by atoms with Crippen molar-refractivity contribution < 1.29 is 14.5 Å². The third-order valence-corrected chi connectivity index (χ3v) is 4.94. The number of hydrogen-bond donors (Lipinski definition) is 2. The van der Waals surface area contributed by atoms with Gasteiger partial charge in [-0.15, -0.1) is 0 Å². The van der Waals surface area contributed by atoms with Gasteiger partial charge in [0.05, 0.1) is 10.8 Å². The number of carbonyl (C=O) groups is 2. The Labute approximate surface area is 169 Å². The standard InChI is InChI=1S/C21H24N4O4/c26-20(12-13-22-18-10-4-5-11-19(18)25(28)29)24-14-6-7-16(15-24)21(27)23-17-8-2-1-3-9-17/h1-5,8-11,16,22H,6-7,12-15H2,(H,23,27). The van der Waals surface area contributed by atoms with Crippen LogP contribution in [0.5, 0.6) is 0 Å². The molecule has 1 aliphatic rings. The van der Waals surface area contributed by atoms with Crippen molar-refractivity contribution in [2.24, 2.45) is 5.92 Å². The first-order chi connectivity index (χ1) is 14.0. The fourth-order valence-corrected chi connectivity index (χ4v) is 3.43. The highest BCUT2D eigenvalue weighted by Crippen LogP contribution is 2.23. The molecule has 29 heavy (non-hydrogen) atoms. The molecular formula is C21H24N4O4. The topological polar surface area (TPSA) is 105 Å². The molecule has 2 amide bonds. The number of anilines is 2. The Morgan fingerprint density at radius 3 is 2.59 bits per heavy atom. The van der Waals surface area contributed by atoms with Gasteiger partial charge in [-0.1, -0.05) is 30.3 Å². The Bertz CT molecular complexity index is 872. The Hall–Kier alpha value is -3.42. The molecule has 2 N–H and O–H groups in total. The second-order valence-electron chi connectivity index (χ2n) is 6.99. The number of carbonyl (C=O) groups excluding carboxylic acids is 2. The van der Waals surface area contributed by atoms with Crippen LogP contribution in [-0.2, 0) is 9.59 Å². The molecule has 0 aromatic heterocycles. The summed E-state index contributed by atoms with van der Waals surface area (Å²) in [6.45, 7) is 1.31. The summed E-state index contributed by atoms with van der Waals surface area (Å²) in [5, 5.41) is 16.9. The summed E-state index contributed by atoms with van der Waals surface area (Å²) in [5.74, 6) is -0.379. The number of nitro groups is 1. The average molecular weight is 396 g/mol.